The van der Waals surface area contributed by atoms with Crippen molar-refractivity contribution < 1.29 is 13.5 Å². The highest BCUT2D eigenvalue weighted by Gasteiger charge is 2.18. The van der Waals surface area contributed by atoms with Gasteiger partial charge in [0.2, 0.25) is 0 Å². The molecule has 2 atom stereocenters. The normalized spacial score (nSPS) is 13.8. The molecular formula is C15H14ClF2NO. The van der Waals surface area contributed by atoms with Gasteiger partial charge in [-0.2, -0.15) is 0 Å². The minimum Gasteiger partial charge on any atom is -0.489 e. The fraction of sp³-hybridized carbons (Fsp3) is 0.200. The maximum atomic E-state index is 13.2. The molecule has 0 fully saturated rings. The van der Waals surface area contributed by atoms with Gasteiger partial charge in [0.05, 0.1) is 6.04 Å². The molecule has 0 aliphatic rings. The summed E-state index contributed by atoms with van der Waals surface area (Å²) in [5.41, 5.74) is 6.32. The van der Waals surface area contributed by atoms with Crippen LogP contribution >= 0.6 is 11.6 Å². The molecule has 106 valence electrons. The Balaban J connectivity index is 2.14. The van der Waals surface area contributed by atoms with E-state index in [1.165, 1.54) is 12.1 Å². The summed E-state index contributed by atoms with van der Waals surface area (Å²) < 4.78 is 32.0. The van der Waals surface area contributed by atoms with E-state index < -0.39 is 23.8 Å². The van der Waals surface area contributed by atoms with Gasteiger partial charge in [-0.15, -0.1) is 0 Å². The molecule has 5 heteroatoms. The van der Waals surface area contributed by atoms with Crippen LogP contribution in [0.25, 0.3) is 0 Å². The molecule has 0 aromatic heterocycles. The molecule has 20 heavy (non-hydrogen) atoms. The van der Waals surface area contributed by atoms with Crippen LogP contribution in [0.1, 0.15) is 18.5 Å². The van der Waals surface area contributed by atoms with Gasteiger partial charge in [0.15, 0.2) is 0 Å². The van der Waals surface area contributed by atoms with Crippen molar-refractivity contribution in [3.63, 3.8) is 0 Å². The minimum atomic E-state index is -0.662. The van der Waals surface area contributed by atoms with Crippen LogP contribution in [0, 0.1) is 11.6 Å². The average molecular weight is 298 g/mol. The Kier molecular flexibility index (Phi) is 4.57. The molecule has 0 aliphatic heterocycles. The lowest BCUT2D eigenvalue weighted by Crippen LogP contribution is -2.28. The first-order valence-corrected chi connectivity index (χ1v) is 6.47. The van der Waals surface area contributed by atoms with Crippen molar-refractivity contribution in [1.82, 2.24) is 0 Å². The number of nitrogens with two attached hydrogens (primary N) is 1. The Morgan fingerprint density at radius 3 is 2.35 bits per heavy atom. The van der Waals surface area contributed by atoms with Gasteiger partial charge >= 0.3 is 0 Å². The standard InChI is InChI=1S/C15H14ClF2NO/c1-9(20-14-4-2-3-11(16)7-14)15(19)10-5-12(17)8-13(18)6-10/h2-9,15H,19H2,1H3. The van der Waals surface area contributed by atoms with E-state index in [9.17, 15) is 8.78 Å². The van der Waals surface area contributed by atoms with Crippen molar-refractivity contribution >= 4 is 11.6 Å². The Morgan fingerprint density at radius 1 is 1.10 bits per heavy atom. The second-order valence-corrected chi connectivity index (χ2v) is 4.95. The lowest BCUT2D eigenvalue weighted by atomic mass is 10.0. The topological polar surface area (TPSA) is 35.2 Å². The zero-order valence-electron chi connectivity index (χ0n) is 10.8. The Hall–Kier alpha value is -1.65. The average Bonchev–Trinajstić information content (AvgIpc) is 2.36. The fourth-order valence-corrected chi connectivity index (χ4v) is 2.05. The van der Waals surface area contributed by atoms with Crippen molar-refractivity contribution in [2.75, 3.05) is 0 Å². The Morgan fingerprint density at radius 2 is 1.75 bits per heavy atom. The highest BCUT2D eigenvalue weighted by Crippen LogP contribution is 2.23. The highest BCUT2D eigenvalue weighted by atomic mass is 35.5. The first-order chi connectivity index (χ1) is 9.45. The third kappa shape index (κ3) is 3.68. The molecule has 0 aliphatic carbocycles. The third-order valence-corrected chi connectivity index (χ3v) is 3.13. The monoisotopic (exact) mass is 297 g/mol. The molecule has 0 radical (unpaired) electrons. The largest absolute Gasteiger partial charge is 0.489 e. The van der Waals surface area contributed by atoms with E-state index >= 15 is 0 Å². The van der Waals surface area contributed by atoms with Crippen LogP contribution in [0.2, 0.25) is 5.02 Å². The zero-order chi connectivity index (χ0) is 14.7. The number of benzene rings is 2. The summed E-state index contributed by atoms with van der Waals surface area (Å²) in [5, 5.41) is 0.542. The summed E-state index contributed by atoms with van der Waals surface area (Å²) in [6.07, 6.45) is -0.463. The molecule has 0 saturated carbocycles. The smallest absolute Gasteiger partial charge is 0.126 e. The van der Waals surface area contributed by atoms with Gasteiger partial charge in [-0.1, -0.05) is 17.7 Å². The van der Waals surface area contributed by atoms with Crippen molar-refractivity contribution in [3.8, 4) is 5.75 Å². The molecular weight excluding hydrogens is 284 g/mol. The number of rotatable bonds is 4. The SMILES string of the molecule is CC(Oc1cccc(Cl)c1)C(N)c1cc(F)cc(F)c1. The molecule has 2 nitrogen and oxygen atoms in total. The molecule has 2 rings (SSSR count). The van der Waals surface area contributed by atoms with Gasteiger partial charge < -0.3 is 10.5 Å². The van der Waals surface area contributed by atoms with E-state index in [0.29, 0.717) is 16.3 Å². The first-order valence-electron chi connectivity index (χ1n) is 6.09. The molecule has 2 aromatic rings. The van der Waals surface area contributed by atoms with Crippen LogP contribution in [0.15, 0.2) is 42.5 Å². The highest BCUT2D eigenvalue weighted by molar-refractivity contribution is 6.30. The van der Waals surface area contributed by atoms with E-state index in [1.807, 2.05) is 0 Å². The molecule has 2 aromatic carbocycles. The lowest BCUT2D eigenvalue weighted by molar-refractivity contribution is 0.190. The third-order valence-electron chi connectivity index (χ3n) is 2.89. The second-order valence-electron chi connectivity index (χ2n) is 4.51. The van der Waals surface area contributed by atoms with Crippen LogP contribution in [0.3, 0.4) is 0 Å². The van der Waals surface area contributed by atoms with Crippen LogP contribution in [0.4, 0.5) is 8.78 Å². The Bertz CT molecular complexity index is 586. The summed E-state index contributed by atoms with van der Waals surface area (Å²) in [7, 11) is 0. The van der Waals surface area contributed by atoms with Crippen LogP contribution < -0.4 is 10.5 Å². The molecule has 0 bridgehead atoms. The van der Waals surface area contributed by atoms with Gasteiger partial charge in [-0.3, -0.25) is 0 Å². The number of ether oxygens (including phenoxy) is 1. The lowest BCUT2D eigenvalue weighted by Gasteiger charge is -2.22. The van der Waals surface area contributed by atoms with Crippen molar-refractivity contribution in [2.45, 2.75) is 19.1 Å². The van der Waals surface area contributed by atoms with E-state index in [1.54, 1.807) is 31.2 Å². The number of hydrogen-bond acceptors (Lipinski definition) is 2. The molecule has 0 heterocycles. The van der Waals surface area contributed by atoms with Gasteiger partial charge in [0.1, 0.15) is 23.5 Å². The van der Waals surface area contributed by atoms with E-state index in [-0.39, 0.29) is 0 Å². The molecule has 0 amide bonds. The quantitative estimate of drug-likeness (QED) is 0.922. The van der Waals surface area contributed by atoms with Crippen molar-refractivity contribution in [2.24, 2.45) is 5.73 Å². The van der Waals surface area contributed by atoms with Gasteiger partial charge in [0.25, 0.3) is 0 Å². The van der Waals surface area contributed by atoms with Gasteiger partial charge in [-0.25, -0.2) is 8.78 Å². The minimum absolute atomic E-state index is 0.344. The molecule has 2 unspecified atom stereocenters. The van der Waals surface area contributed by atoms with Crippen LogP contribution in [0.5, 0.6) is 5.75 Å². The molecule has 0 spiro atoms. The molecule has 2 N–H and O–H groups in total. The maximum absolute atomic E-state index is 13.2. The summed E-state index contributed by atoms with van der Waals surface area (Å²) >= 11 is 5.86. The van der Waals surface area contributed by atoms with Crippen molar-refractivity contribution in [3.05, 3.63) is 64.7 Å². The molecule has 0 saturated heterocycles. The van der Waals surface area contributed by atoms with E-state index in [0.717, 1.165) is 6.07 Å². The fourth-order valence-electron chi connectivity index (χ4n) is 1.87. The van der Waals surface area contributed by atoms with E-state index in [2.05, 4.69) is 0 Å². The maximum Gasteiger partial charge on any atom is 0.126 e. The Labute approximate surface area is 121 Å². The second kappa shape index (κ2) is 6.20. The summed E-state index contributed by atoms with van der Waals surface area (Å²) in [5.74, 6) is -0.770. The van der Waals surface area contributed by atoms with Gasteiger partial charge in [0, 0.05) is 11.1 Å². The van der Waals surface area contributed by atoms with Gasteiger partial charge in [-0.05, 0) is 42.8 Å². The first kappa shape index (κ1) is 14.8. The predicted octanol–water partition coefficient (Wildman–Crippen LogP) is 4.09. The summed E-state index contributed by atoms with van der Waals surface area (Å²) in [6, 6.07) is 9.41. The van der Waals surface area contributed by atoms with Crippen LogP contribution in [-0.2, 0) is 0 Å². The summed E-state index contributed by atoms with van der Waals surface area (Å²) in [6.45, 7) is 1.73. The number of hydrogen-bond donors (Lipinski definition) is 1. The van der Waals surface area contributed by atoms with E-state index in [4.69, 9.17) is 22.1 Å². The zero-order valence-corrected chi connectivity index (χ0v) is 11.6. The summed E-state index contributed by atoms with van der Waals surface area (Å²) in [4.78, 5) is 0. The van der Waals surface area contributed by atoms with Crippen molar-refractivity contribution in [1.29, 1.82) is 0 Å². The predicted molar refractivity (Wildman–Crippen MR) is 74.8 cm³/mol. The van der Waals surface area contributed by atoms with Crippen LogP contribution in [-0.4, -0.2) is 6.10 Å². The number of halogens is 3.